The van der Waals surface area contributed by atoms with Crippen molar-refractivity contribution in [3.05, 3.63) is 23.7 Å². The van der Waals surface area contributed by atoms with Crippen molar-refractivity contribution in [1.29, 1.82) is 0 Å². The van der Waals surface area contributed by atoms with Gasteiger partial charge in [0.05, 0.1) is 13.1 Å². The van der Waals surface area contributed by atoms with Crippen LogP contribution in [0.2, 0.25) is 0 Å². The van der Waals surface area contributed by atoms with Crippen molar-refractivity contribution in [2.75, 3.05) is 19.6 Å². The van der Waals surface area contributed by atoms with Crippen LogP contribution in [-0.4, -0.2) is 24.5 Å². The van der Waals surface area contributed by atoms with Gasteiger partial charge in [0, 0.05) is 0 Å². The van der Waals surface area contributed by atoms with E-state index in [2.05, 4.69) is 29.3 Å². The van der Waals surface area contributed by atoms with Crippen molar-refractivity contribution in [3.8, 4) is 0 Å². The fraction of sp³-hybridized carbons (Fsp3) is 0.750. The van der Waals surface area contributed by atoms with Crippen LogP contribution in [0.25, 0.3) is 0 Å². The topological polar surface area (TPSA) is 28.4 Å². The zero-order valence-electron chi connectivity index (χ0n) is 12.3. The van der Waals surface area contributed by atoms with E-state index in [4.69, 9.17) is 4.42 Å². The van der Waals surface area contributed by atoms with Crippen LogP contribution in [0.4, 0.5) is 0 Å². The molecule has 0 radical (unpaired) electrons. The molecule has 1 saturated heterocycles. The molecule has 1 N–H and O–H groups in total. The van der Waals surface area contributed by atoms with Crippen molar-refractivity contribution in [1.82, 2.24) is 10.2 Å². The van der Waals surface area contributed by atoms with Crippen molar-refractivity contribution < 1.29 is 4.42 Å². The highest BCUT2D eigenvalue weighted by Gasteiger charge is 2.11. The molecule has 1 fully saturated rings. The predicted molar refractivity (Wildman–Crippen MR) is 79.1 cm³/mol. The summed E-state index contributed by atoms with van der Waals surface area (Å²) in [5.74, 6) is 2.18. The normalized spacial score (nSPS) is 18.2. The molecule has 0 spiro atoms. The summed E-state index contributed by atoms with van der Waals surface area (Å²) < 4.78 is 5.90. The highest BCUT2D eigenvalue weighted by molar-refractivity contribution is 5.07. The third-order valence-corrected chi connectivity index (χ3v) is 3.77. The van der Waals surface area contributed by atoms with Gasteiger partial charge in [-0.15, -0.1) is 0 Å². The van der Waals surface area contributed by atoms with Crippen LogP contribution in [-0.2, 0) is 13.1 Å². The number of likely N-dealkylation sites (tertiary alicyclic amines) is 1. The summed E-state index contributed by atoms with van der Waals surface area (Å²) in [6.45, 7) is 7.53. The number of hydrogen-bond donors (Lipinski definition) is 1. The second-order valence-electron chi connectivity index (χ2n) is 5.59. The van der Waals surface area contributed by atoms with Gasteiger partial charge in [-0.3, -0.25) is 4.90 Å². The van der Waals surface area contributed by atoms with Gasteiger partial charge in [0.2, 0.25) is 0 Å². The quantitative estimate of drug-likeness (QED) is 0.797. The van der Waals surface area contributed by atoms with Gasteiger partial charge in [-0.25, -0.2) is 0 Å². The van der Waals surface area contributed by atoms with Crippen LogP contribution in [0, 0.1) is 0 Å². The second kappa shape index (κ2) is 8.39. The van der Waals surface area contributed by atoms with Crippen LogP contribution in [0.5, 0.6) is 0 Å². The molecule has 0 saturated carbocycles. The Hall–Kier alpha value is -0.800. The van der Waals surface area contributed by atoms with Gasteiger partial charge in [-0.2, -0.15) is 0 Å². The van der Waals surface area contributed by atoms with Gasteiger partial charge in [-0.05, 0) is 51.0 Å². The summed E-state index contributed by atoms with van der Waals surface area (Å²) >= 11 is 0. The summed E-state index contributed by atoms with van der Waals surface area (Å²) in [6, 6.07) is 4.25. The Morgan fingerprint density at radius 3 is 2.47 bits per heavy atom. The summed E-state index contributed by atoms with van der Waals surface area (Å²) in [5, 5.41) is 3.38. The molecule has 0 aromatic carbocycles. The van der Waals surface area contributed by atoms with E-state index in [-0.39, 0.29) is 0 Å². The molecule has 108 valence electrons. The maximum absolute atomic E-state index is 5.90. The third-order valence-electron chi connectivity index (χ3n) is 3.77. The lowest BCUT2D eigenvalue weighted by Gasteiger charge is -2.23. The Balaban J connectivity index is 1.77. The van der Waals surface area contributed by atoms with Gasteiger partial charge in [0.25, 0.3) is 0 Å². The van der Waals surface area contributed by atoms with E-state index in [0.717, 1.165) is 31.2 Å². The Morgan fingerprint density at radius 2 is 1.74 bits per heavy atom. The molecule has 3 heteroatoms. The lowest BCUT2D eigenvalue weighted by Crippen LogP contribution is -2.26. The minimum atomic E-state index is 0.855. The molecule has 1 aromatic heterocycles. The van der Waals surface area contributed by atoms with E-state index in [9.17, 15) is 0 Å². The Labute approximate surface area is 117 Å². The number of nitrogens with one attached hydrogen (secondary N) is 1. The first-order valence-corrected chi connectivity index (χ1v) is 7.89. The summed E-state index contributed by atoms with van der Waals surface area (Å²) in [5.41, 5.74) is 0. The van der Waals surface area contributed by atoms with Gasteiger partial charge < -0.3 is 9.73 Å². The fourth-order valence-corrected chi connectivity index (χ4v) is 2.68. The number of rotatable bonds is 6. The lowest BCUT2D eigenvalue weighted by molar-refractivity contribution is 0.220. The van der Waals surface area contributed by atoms with Gasteiger partial charge in [-0.1, -0.05) is 26.2 Å². The fourth-order valence-electron chi connectivity index (χ4n) is 2.68. The molecule has 0 unspecified atom stereocenters. The van der Waals surface area contributed by atoms with Gasteiger partial charge in [0.15, 0.2) is 0 Å². The van der Waals surface area contributed by atoms with Crippen LogP contribution in [0.3, 0.4) is 0 Å². The first kappa shape index (κ1) is 14.6. The van der Waals surface area contributed by atoms with E-state index in [1.807, 2.05) is 0 Å². The molecule has 0 bridgehead atoms. The van der Waals surface area contributed by atoms with Crippen molar-refractivity contribution in [2.24, 2.45) is 0 Å². The van der Waals surface area contributed by atoms with Crippen LogP contribution in [0.15, 0.2) is 16.5 Å². The van der Waals surface area contributed by atoms with Crippen molar-refractivity contribution >= 4 is 0 Å². The standard InChI is InChI=1S/C16H28N2O/c1-2-10-17-13-15-8-9-16(19-15)14-18-11-6-4-3-5-7-12-18/h8-9,17H,2-7,10-14H2,1H3. The van der Waals surface area contributed by atoms with Gasteiger partial charge in [0.1, 0.15) is 11.5 Å². The second-order valence-corrected chi connectivity index (χ2v) is 5.59. The van der Waals surface area contributed by atoms with Crippen LogP contribution >= 0.6 is 0 Å². The number of furan rings is 1. The van der Waals surface area contributed by atoms with Crippen molar-refractivity contribution in [2.45, 2.75) is 58.5 Å². The highest BCUT2D eigenvalue weighted by Crippen LogP contribution is 2.15. The molecule has 0 amide bonds. The average molecular weight is 264 g/mol. The van der Waals surface area contributed by atoms with E-state index < -0.39 is 0 Å². The largest absolute Gasteiger partial charge is 0.463 e. The third kappa shape index (κ3) is 5.37. The van der Waals surface area contributed by atoms with E-state index in [1.165, 1.54) is 51.6 Å². The first-order valence-electron chi connectivity index (χ1n) is 7.89. The molecule has 1 aliphatic rings. The molecule has 1 aliphatic heterocycles. The Morgan fingerprint density at radius 1 is 1.05 bits per heavy atom. The van der Waals surface area contributed by atoms with Crippen LogP contribution < -0.4 is 5.32 Å². The van der Waals surface area contributed by atoms with E-state index >= 15 is 0 Å². The Kier molecular flexibility index (Phi) is 6.45. The number of hydrogen-bond acceptors (Lipinski definition) is 3. The Bertz CT molecular complexity index is 340. The SMILES string of the molecule is CCCNCc1ccc(CN2CCCCCCC2)o1. The van der Waals surface area contributed by atoms with Gasteiger partial charge >= 0.3 is 0 Å². The maximum Gasteiger partial charge on any atom is 0.118 e. The number of nitrogens with zero attached hydrogens (tertiary/aromatic N) is 1. The molecule has 3 nitrogen and oxygen atoms in total. The molecular formula is C16H28N2O. The first-order chi connectivity index (χ1) is 9.38. The van der Waals surface area contributed by atoms with E-state index in [1.54, 1.807) is 0 Å². The molecule has 2 rings (SSSR count). The minimum Gasteiger partial charge on any atom is -0.463 e. The minimum absolute atomic E-state index is 0.855. The average Bonchev–Trinajstić information content (AvgIpc) is 2.81. The zero-order valence-corrected chi connectivity index (χ0v) is 12.3. The predicted octanol–water partition coefficient (Wildman–Crippen LogP) is 3.55. The highest BCUT2D eigenvalue weighted by atomic mass is 16.3. The summed E-state index contributed by atoms with van der Waals surface area (Å²) in [6.07, 6.45) is 8.04. The smallest absolute Gasteiger partial charge is 0.118 e. The molecule has 1 aromatic rings. The molecule has 0 atom stereocenters. The summed E-state index contributed by atoms with van der Waals surface area (Å²) in [4.78, 5) is 2.54. The zero-order chi connectivity index (χ0) is 13.3. The van der Waals surface area contributed by atoms with E-state index in [0.29, 0.717) is 0 Å². The summed E-state index contributed by atoms with van der Waals surface area (Å²) in [7, 11) is 0. The van der Waals surface area contributed by atoms with Crippen LogP contribution in [0.1, 0.15) is 57.0 Å². The monoisotopic (exact) mass is 264 g/mol. The maximum atomic E-state index is 5.90. The molecular weight excluding hydrogens is 236 g/mol. The lowest BCUT2D eigenvalue weighted by atomic mass is 10.1. The molecule has 19 heavy (non-hydrogen) atoms. The van der Waals surface area contributed by atoms with Crippen molar-refractivity contribution in [3.63, 3.8) is 0 Å². The molecule has 2 heterocycles. The molecule has 0 aliphatic carbocycles.